The Kier molecular flexibility index (Phi) is 5.84. The SMILES string of the molecule is O=C(c1cccc(Cn2cncn2)c1)N1CCC[C@@H](COc2ccc(F)cc2)C1. The molecular formula is C22H23FN4O2. The molecule has 1 fully saturated rings. The van der Waals surface area contributed by atoms with E-state index in [9.17, 15) is 9.18 Å². The van der Waals surface area contributed by atoms with Crippen LogP contribution in [-0.2, 0) is 6.54 Å². The Labute approximate surface area is 168 Å². The van der Waals surface area contributed by atoms with Gasteiger partial charge in [-0.2, -0.15) is 5.10 Å². The van der Waals surface area contributed by atoms with Crippen LogP contribution >= 0.6 is 0 Å². The number of halogens is 1. The minimum Gasteiger partial charge on any atom is -0.493 e. The Hall–Kier alpha value is -3.22. The van der Waals surface area contributed by atoms with E-state index < -0.39 is 0 Å². The summed E-state index contributed by atoms with van der Waals surface area (Å²) in [6.07, 6.45) is 5.11. The van der Waals surface area contributed by atoms with Crippen LogP contribution in [0.1, 0.15) is 28.8 Å². The molecule has 0 bridgehead atoms. The van der Waals surface area contributed by atoms with Crippen molar-refractivity contribution in [2.45, 2.75) is 19.4 Å². The zero-order valence-corrected chi connectivity index (χ0v) is 16.1. The first-order valence-corrected chi connectivity index (χ1v) is 9.76. The van der Waals surface area contributed by atoms with Gasteiger partial charge in [-0.05, 0) is 54.8 Å². The number of carbonyl (C=O) groups excluding carboxylic acids is 1. The molecular weight excluding hydrogens is 371 g/mol. The third kappa shape index (κ3) is 4.99. The molecule has 4 rings (SSSR count). The van der Waals surface area contributed by atoms with Crippen LogP contribution in [0.25, 0.3) is 0 Å². The summed E-state index contributed by atoms with van der Waals surface area (Å²) in [5.41, 5.74) is 1.69. The minimum atomic E-state index is -0.280. The largest absolute Gasteiger partial charge is 0.493 e. The van der Waals surface area contributed by atoms with Gasteiger partial charge in [0.2, 0.25) is 0 Å². The molecule has 29 heavy (non-hydrogen) atoms. The Morgan fingerprint density at radius 3 is 2.86 bits per heavy atom. The normalized spacial score (nSPS) is 16.6. The first kappa shape index (κ1) is 19.1. The van der Waals surface area contributed by atoms with Gasteiger partial charge in [0.15, 0.2) is 0 Å². The molecule has 150 valence electrons. The average molecular weight is 394 g/mol. The van der Waals surface area contributed by atoms with Gasteiger partial charge in [-0.1, -0.05) is 12.1 Å². The van der Waals surface area contributed by atoms with E-state index in [0.717, 1.165) is 24.9 Å². The van der Waals surface area contributed by atoms with E-state index in [1.54, 1.807) is 23.1 Å². The molecule has 1 saturated heterocycles. The quantitative estimate of drug-likeness (QED) is 0.643. The molecule has 0 N–H and O–H groups in total. The van der Waals surface area contributed by atoms with Crippen molar-refractivity contribution in [3.8, 4) is 5.75 Å². The molecule has 1 aliphatic rings. The van der Waals surface area contributed by atoms with Crippen molar-refractivity contribution in [2.75, 3.05) is 19.7 Å². The Morgan fingerprint density at radius 1 is 1.21 bits per heavy atom. The number of benzene rings is 2. The summed E-state index contributed by atoms with van der Waals surface area (Å²) in [5.74, 6) is 0.668. The van der Waals surface area contributed by atoms with Crippen LogP contribution in [0.5, 0.6) is 5.75 Å². The van der Waals surface area contributed by atoms with Crippen molar-refractivity contribution < 1.29 is 13.9 Å². The lowest BCUT2D eigenvalue weighted by Gasteiger charge is -2.32. The highest BCUT2D eigenvalue weighted by molar-refractivity contribution is 5.94. The number of amides is 1. The topological polar surface area (TPSA) is 60.2 Å². The fourth-order valence-electron chi connectivity index (χ4n) is 3.62. The minimum absolute atomic E-state index is 0.0388. The Morgan fingerprint density at radius 2 is 2.07 bits per heavy atom. The second-order valence-electron chi connectivity index (χ2n) is 7.32. The van der Waals surface area contributed by atoms with Crippen LogP contribution in [0.15, 0.2) is 61.2 Å². The summed E-state index contributed by atoms with van der Waals surface area (Å²) < 4.78 is 20.5. The lowest BCUT2D eigenvalue weighted by molar-refractivity contribution is 0.0633. The van der Waals surface area contributed by atoms with Gasteiger partial charge in [0.05, 0.1) is 13.2 Å². The number of carbonyl (C=O) groups is 1. The average Bonchev–Trinajstić information content (AvgIpc) is 3.26. The molecule has 1 amide bonds. The molecule has 0 unspecified atom stereocenters. The number of ether oxygens (including phenoxy) is 1. The zero-order valence-electron chi connectivity index (χ0n) is 16.1. The number of hydrogen-bond donors (Lipinski definition) is 0. The maximum atomic E-state index is 13.0. The number of rotatable bonds is 6. The molecule has 7 heteroatoms. The van der Waals surface area contributed by atoms with E-state index in [1.807, 2.05) is 29.2 Å². The molecule has 1 atom stereocenters. The van der Waals surface area contributed by atoms with Crippen molar-refractivity contribution in [3.05, 3.63) is 78.1 Å². The van der Waals surface area contributed by atoms with E-state index >= 15 is 0 Å². The summed E-state index contributed by atoms with van der Waals surface area (Å²) in [6.45, 7) is 2.50. The highest BCUT2D eigenvalue weighted by Gasteiger charge is 2.25. The van der Waals surface area contributed by atoms with Crippen LogP contribution in [0.2, 0.25) is 0 Å². The predicted octanol–water partition coefficient (Wildman–Crippen LogP) is 3.40. The van der Waals surface area contributed by atoms with Crippen LogP contribution in [0.4, 0.5) is 4.39 Å². The Balaban J connectivity index is 1.36. The Bertz CT molecular complexity index is 944. The van der Waals surface area contributed by atoms with Gasteiger partial charge in [0.25, 0.3) is 5.91 Å². The number of piperidine rings is 1. The lowest BCUT2D eigenvalue weighted by atomic mass is 9.98. The van der Waals surface area contributed by atoms with Gasteiger partial charge in [0, 0.05) is 24.6 Å². The molecule has 3 aromatic rings. The maximum Gasteiger partial charge on any atom is 0.253 e. The molecule has 0 radical (unpaired) electrons. The molecule has 0 saturated carbocycles. The summed E-state index contributed by atoms with van der Waals surface area (Å²) in [5, 5.41) is 4.11. The van der Waals surface area contributed by atoms with Gasteiger partial charge in [0.1, 0.15) is 24.2 Å². The number of hydrogen-bond acceptors (Lipinski definition) is 4. The summed E-state index contributed by atoms with van der Waals surface area (Å²) in [7, 11) is 0. The number of aromatic nitrogens is 3. The van der Waals surface area contributed by atoms with Crippen LogP contribution in [0.3, 0.4) is 0 Å². The zero-order chi connectivity index (χ0) is 20.1. The fraction of sp³-hybridized carbons (Fsp3) is 0.318. The van der Waals surface area contributed by atoms with Crippen molar-refractivity contribution in [1.29, 1.82) is 0 Å². The predicted molar refractivity (Wildman–Crippen MR) is 106 cm³/mol. The van der Waals surface area contributed by atoms with Crippen molar-refractivity contribution in [3.63, 3.8) is 0 Å². The van der Waals surface area contributed by atoms with Crippen molar-refractivity contribution in [1.82, 2.24) is 19.7 Å². The monoisotopic (exact) mass is 394 g/mol. The molecule has 0 aliphatic carbocycles. The fourth-order valence-corrected chi connectivity index (χ4v) is 3.62. The lowest BCUT2D eigenvalue weighted by Crippen LogP contribution is -2.41. The van der Waals surface area contributed by atoms with Gasteiger partial charge in [-0.3, -0.25) is 4.79 Å². The first-order valence-electron chi connectivity index (χ1n) is 9.76. The second-order valence-corrected chi connectivity index (χ2v) is 7.32. The van der Waals surface area contributed by atoms with E-state index in [2.05, 4.69) is 10.1 Å². The van der Waals surface area contributed by atoms with Gasteiger partial charge in [-0.15, -0.1) is 0 Å². The first-order chi connectivity index (χ1) is 14.2. The van der Waals surface area contributed by atoms with E-state index in [0.29, 0.717) is 31.0 Å². The van der Waals surface area contributed by atoms with Crippen molar-refractivity contribution >= 4 is 5.91 Å². The third-order valence-corrected chi connectivity index (χ3v) is 5.09. The third-order valence-electron chi connectivity index (χ3n) is 5.09. The van der Waals surface area contributed by atoms with Gasteiger partial charge in [-0.25, -0.2) is 14.1 Å². The molecule has 0 spiro atoms. The van der Waals surface area contributed by atoms with Crippen molar-refractivity contribution in [2.24, 2.45) is 5.92 Å². The number of nitrogens with zero attached hydrogens (tertiary/aromatic N) is 4. The summed E-state index contributed by atoms with van der Waals surface area (Å²) in [4.78, 5) is 18.9. The smallest absolute Gasteiger partial charge is 0.253 e. The second kappa shape index (κ2) is 8.86. The molecule has 1 aliphatic heterocycles. The van der Waals surface area contributed by atoms with Crippen LogP contribution in [0, 0.1) is 11.7 Å². The number of likely N-dealkylation sites (tertiary alicyclic amines) is 1. The van der Waals surface area contributed by atoms with Crippen LogP contribution < -0.4 is 4.74 Å². The summed E-state index contributed by atoms with van der Waals surface area (Å²) in [6, 6.07) is 13.7. The highest BCUT2D eigenvalue weighted by atomic mass is 19.1. The van der Waals surface area contributed by atoms with Gasteiger partial charge >= 0.3 is 0 Å². The van der Waals surface area contributed by atoms with E-state index in [1.165, 1.54) is 18.5 Å². The van der Waals surface area contributed by atoms with Crippen LogP contribution in [-0.4, -0.2) is 45.3 Å². The molecule has 2 heterocycles. The van der Waals surface area contributed by atoms with E-state index in [4.69, 9.17) is 4.74 Å². The maximum absolute atomic E-state index is 13.0. The van der Waals surface area contributed by atoms with Gasteiger partial charge < -0.3 is 9.64 Å². The highest BCUT2D eigenvalue weighted by Crippen LogP contribution is 2.21. The molecule has 6 nitrogen and oxygen atoms in total. The summed E-state index contributed by atoms with van der Waals surface area (Å²) >= 11 is 0. The standard InChI is InChI=1S/C22H23FN4O2/c23-20-6-8-21(9-7-20)29-14-18-4-2-10-26(12-18)22(28)19-5-1-3-17(11-19)13-27-16-24-15-25-27/h1,3,5-9,11,15-16,18H,2,4,10,12-14H2/t18-/m1/s1. The van der Waals surface area contributed by atoms with E-state index in [-0.39, 0.29) is 17.6 Å². The molecule has 1 aromatic heterocycles. The molecule has 2 aromatic carbocycles.